The van der Waals surface area contributed by atoms with Crippen LogP contribution in [0.3, 0.4) is 0 Å². The Morgan fingerprint density at radius 2 is 1.48 bits per heavy atom. The molecule has 1 saturated carbocycles. The maximum absolute atomic E-state index is 13.4. The zero-order valence-electron chi connectivity index (χ0n) is 13.3. The van der Waals surface area contributed by atoms with Gasteiger partial charge in [0.2, 0.25) is 0 Å². The average molecular weight is 334 g/mol. The van der Waals surface area contributed by atoms with Gasteiger partial charge < -0.3 is 0 Å². The summed E-state index contributed by atoms with van der Waals surface area (Å²) < 4.78 is 64.1. The van der Waals surface area contributed by atoms with Crippen LogP contribution in [0.4, 0.5) is 22.0 Å². The lowest BCUT2D eigenvalue weighted by atomic mass is 9.76. The lowest BCUT2D eigenvalue weighted by Crippen LogP contribution is -2.44. The number of alkyl halides is 5. The zero-order valence-corrected chi connectivity index (χ0v) is 13.3. The van der Waals surface area contributed by atoms with Crippen molar-refractivity contribution in [3.05, 3.63) is 35.4 Å². The minimum Gasteiger partial charge on any atom is -0.196 e. The van der Waals surface area contributed by atoms with Crippen molar-refractivity contribution in [2.75, 3.05) is 0 Å². The minimum atomic E-state index is -5.44. The van der Waals surface area contributed by atoms with Crippen molar-refractivity contribution in [3.63, 3.8) is 0 Å². The van der Waals surface area contributed by atoms with E-state index in [4.69, 9.17) is 0 Å². The van der Waals surface area contributed by atoms with Gasteiger partial charge in [-0.2, -0.15) is 22.0 Å². The van der Waals surface area contributed by atoms with Gasteiger partial charge in [-0.1, -0.05) is 37.6 Å². The van der Waals surface area contributed by atoms with Crippen LogP contribution >= 0.6 is 0 Å². The van der Waals surface area contributed by atoms with Crippen molar-refractivity contribution in [2.45, 2.75) is 69.9 Å². The first-order valence-electron chi connectivity index (χ1n) is 8.29. The molecule has 0 unspecified atom stereocenters. The number of hydrogen-bond donors (Lipinski definition) is 0. The van der Waals surface area contributed by atoms with Crippen LogP contribution < -0.4 is 0 Å². The molecule has 23 heavy (non-hydrogen) atoms. The lowest BCUT2D eigenvalue weighted by Gasteiger charge is -2.34. The summed E-state index contributed by atoms with van der Waals surface area (Å²) in [6.07, 6.45) is -1.54. The van der Waals surface area contributed by atoms with Crippen molar-refractivity contribution in [1.82, 2.24) is 0 Å². The predicted octanol–water partition coefficient (Wildman–Crippen LogP) is 6.50. The maximum atomic E-state index is 13.4. The third kappa shape index (κ3) is 4.24. The first-order valence-corrected chi connectivity index (χ1v) is 8.29. The molecule has 1 fully saturated rings. The van der Waals surface area contributed by atoms with Crippen LogP contribution in [0.15, 0.2) is 24.3 Å². The summed E-state index contributed by atoms with van der Waals surface area (Å²) in [6, 6.07) is 8.08. The molecule has 0 amide bonds. The van der Waals surface area contributed by atoms with Crippen LogP contribution in [0.2, 0.25) is 0 Å². The molecule has 1 aliphatic carbocycles. The van der Waals surface area contributed by atoms with Crippen LogP contribution in [0, 0.1) is 5.92 Å². The Labute approximate surface area is 134 Å². The Morgan fingerprint density at radius 1 is 0.913 bits per heavy atom. The fourth-order valence-corrected chi connectivity index (χ4v) is 3.36. The van der Waals surface area contributed by atoms with E-state index in [0.29, 0.717) is 12.8 Å². The van der Waals surface area contributed by atoms with Gasteiger partial charge in [-0.05, 0) is 55.6 Å². The highest BCUT2D eigenvalue weighted by Gasteiger charge is 2.62. The first-order chi connectivity index (χ1) is 10.8. The fourth-order valence-electron chi connectivity index (χ4n) is 3.36. The van der Waals surface area contributed by atoms with Gasteiger partial charge in [-0.3, -0.25) is 0 Å². The molecule has 0 heterocycles. The van der Waals surface area contributed by atoms with Gasteiger partial charge in [0, 0.05) is 5.92 Å². The van der Waals surface area contributed by atoms with Gasteiger partial charge in [-0.25, -0.2) is 0 Å². The molecule has 0 atom stereocenters. The average Bonchev–Trinajstić information content (AvgIpc) is 2.52. The smallest absolute Gasteiger partial charge is 0.196 e. The minimum absolute atomic E-state index is 0.0746. The van der Waals surface area contributed by atoms with E-state index in [0.717, 1.165) is 24.8 Å². The van der Waals surface area contributed by atoms with Crippen molar-refractivity contribution in [3.8, 4) is 0 Å². The molecule has 0 saturated heterocycles. The Hall–Kier alpha value is -1.13. The van der Waals surface area contributed by atoms with Crippen LogP contribution in [-0.2, 0) is 6.42 Å². The van der Waals surface area contributed by atoms with Crippen molar-refractivity contribution in [2.24, 2.45) is 5.92 Å². The molecule has 5 heteroatoms. The van der Waals surface area contributed by atoms with Crippen LogP contribution in [0.5, 0.6) is 0 Å². The summed E-state index contributed by atoms with van der Waals surface area (Å²) in [5.41, 5.74) is 2.30. The highest BCUT2D eigenvalue weighted by Crippen LogP contribution is 2.49. The molecule has 0 radical (unpaired) electrons. The Kier molecular flexibility index (Phi) is 5.69. The third-order valence-electron chi connectivity index (χ3n) is 4.89. The van der Waals surface area contributed by atoms with Gasteiger partial charge in [0.25, 0.3) is 0 Å². The molecule has 0 N–H and O–H groups in total. The van der Waals surface area contributed by atoms with E-state index < -0.39 is 18.0 Å². The van der Waals surface area contributed by atoms with E-state index in [1.807, 2.05) is 24.3 Å². The van der Waals surface area contributed by atoms with Gasteiger partial charge in [0.05, 0.1) is 0 Å². The normalized spacial score (nSPS) is 23.0. The molecule has 0 nitrogen and oxygen atoms in total. The molecular formula is C18H23F5. The van der Waals surface area contributed by atoms with Gasteiger partial charge >= 0.3 is 12.1 Å². The molecule has 1 aromatic carbocycles. The van der Waals surface area contributed by atoms with E-state index in [2.05, 4.69) is 6.92 Å². The second-order valence-corrected chi connectivity index (χ2v) is 6.51. The predicted molar refractivity (Wildman–Crippen MR) is 80.8 cm³/mol. The molecule has 1 aliphatic rings. The fraction of sp³-hybridized carbons (Fsp3) is 0.667. The number of rotatable bonds is 5. The van der Waals surface area contributed by atoms with Crippen LogP contribution in [-0.4, -0.2) is 12.1 Å². The lowest BCUT2D eigenvalue weighted by molar-refractivity contribution is -0.305. The summed E-state index contributed by atoms with van der Waals surface area (Å²) in [6.45, 7) is 2.13. The molecule has 2 rings (SSSR count). The SMILES string of the molecule is CCCCc1ccc(C2CCC(C(F)(F)C(F)(F)F)CC2)cc1. The number of benzene rings is 1. The standard InChI is InChI=1S/C18H23F5/c1-2-3-4-13-5-7-14(8-6-13)15-9-11-16(12-10-15)17(19,20)18(21,22)23/h5-8,15-16H,2-4,9-12H2,1H3. The van der Waals surface area contributed by atoms with Crippen LogP contribution in [0.1, 0.15) is 62.5 Å². The Bertz CT molecular complexity index is 481. The van der Waals surface area contributed by atoms with E-state index in [1.165, 1.54) is 5.56 Å². The third-order valence-corrected chi connectivity index (χ3v) is 4.89. The summed E-state index contributed by atoms with van der Waals surface area (Å²) in [5, 5.41) is 0. The number of halogens is 5. The van der Waals surface area contributed by atoms with Crippen molar-refractivity contribution >= 4 is 0 Å². The van der Waals surface area contributed by atoms with E-state index >= 15 is 0 Å². The molecule has 0 bridgehead atoms. The largest absolute Gasteiger partial charge is 0.453 e. The molecule has 0 aliphatic heterocycles. The highest BCUT2D eigenvalue weighted by atomic mass is 19.4. The highest BCUT2D eigenvalue weighted by molar-refractivity contribution is 5.26. The quantitative estimate of drug-likeness (QED) is 0.539. The summed E-state index contributed by atoms with van der Waals surface area (Å²) >= 11 is 0. The van der Waals surface area contributed by atoms with E-state index in [9.17, 15) is 22.0 Å². The maximum Gasteiger partial charge on any atom is 0.453 e. The van der Waals surface area contributed by atoms with Crippen molar-refractivity contribution in [1.29, 1.82) is 0 Å². The number of hydrogen-bond acceptors (Lipinski definition) is 0. The van der Waals surface area contributed by atoms with Crippen LogP contribution in [0.25, 0.3) is 0 Å². The zero-order chi connectivity index (χ0) is 17.1. The van der Waals surface area contributed by atoms with Gasteiger partial charge in [0.1, 0.15) is 0 Å². The Balaban J connectivity index is 1.94. The molecular weight excluding hydrogens is 311 g/mol. The second kappa shape index (κ2) is 7.18. The van der Waals surface area contributed by atoms with E-state index in [1.54, 1.807) is 0 Å². The van der Waals surface area contributed by atoms with Gasteiger partial charge in [-0.15, -0.1) is 0 Å². The monoisotopic (exact) mass is 334 g/mol. The first kappa shape index (κ1) is 18.2. The Morgan fingerprint density at radius 3 is 1.96 bits per heavy atom. The van der Waals surface area contributed by atoms with Gasteiger partial charge in [0.15, 0.2) is 0 Å². The molecule has 130 valence electrons. The molecule has 0 aromatic heterocycles. The second-order valence-electron chi connectivity index (χ2n) is 6.51. The topological polar surface area (TPSA) is 0 Å². The van der Waals surface area contributed by atoms with E-state index in [-0.39, 0.29) is 18.8 Å². The number of unbranched alkanes of at least 4 members (excludes halogenated alkanes) is 1. The summed E-state index contributed by atoms with van der Waals surface area (Å²) in [5.74, 6) is -6.06. The summed E-state index contributed by atoms with van der Waals surface area (Å²) in [4.78, 5) is 0. The van der Waals surface area contributed by atoms with Crippen molar-refractivity contribution < 1.29 is 22.0 Å². The summed E-state index contributed by atoms with van der Waals surface area (Å²) in [7, 11) is 0. The number of aryl methyl sites for hydroxylation is 1. The molecule has 1 aromatic rings. The molecule has 0 spiro atoms.